The maximum absolute atomic E-state index is 9.19. The number of aliphatic hydroxyl groups excluding tert-OH is 1. The largest absolute Gasteiger partial charge is 0.396 e. The summed E-state index contributed by atoms with van der Waals surface area (Å²) in [5, 5.41) is 12.0. The van der Waals surface area contributed by atoms with Crippen LogP contribution in [0.4, 0.5) is 5.69 Å². The van der Waals surface area contributed by atoms with Crippen molar-refractivity contribution in [3.8, 4) is 11.3 Å². The first-order valence-electron chi connectivity index (χ1n) is 7.43. The summed E-state index contributed by atoms with van der Waals surface area (Å²) in [6.45, 7) is 0.886. The highest BCUT2D eigenvalue weighted by molar-refractivity contribution is 8.93. The van der Waals surface area contributed by atoms with Crippen molar-refractivity contribution in [2.75, 3.05) is 6.61 Å². The Morgan fingerprint density at radius 2 is 1.88 bits per heavy atom. The lowest BCUT2D eigenvalue weighted by Gasteiger charge is -2.08. The van der Waals surface area contributed by atoms with Gasteiger partial charge in [0, 0.05) is 23.6 Å². The number of benzene rings is 2. The number of halogens is 2. The van der Waals surface area contributed by atoms with Crippen molar-refractivity contribution in [2.45, 2.75) is 13.0 Å². The lowest BCUT2D eigenvalue weighted by atomic mass is 10.2. The van der Waals surface area contributed by atoms with Gasteiger partial charge in [0.05, 0.1) is 11.4 Å². The van der Waals surface area contributed by atoms with Gasteiger partial charge in [-0.25, -0.2) is 4.99 Å². The van der Waals surface area contributed by atoms with E-state index >= 15 is 0 Å². The van der Waals surface area contributed by atoms with Gasteiger partial charge in [-0.15, -0.1) is 28.3 Å². The third-order valence-corrected chi connectivity index (χ3v) is 4.54. The van der Waals surface area contributed by atoms with Crippen LogP contribution < -0.4 is 4.80 Å². The molecule has 0 radical (unpaired) electrons. The second-order valence-electron chi connectivity index (χ2n) is 5.09. The third-order valence-electron chi connectivity index (χ3n) is 3.44. The van der Waals surface area contributed by atoms with Gasteiger partial charge in [0.2, 0.25) is 0 Å². The van der Waals surface area contributed by atoms with Gasteiger partial charge in [-0.3, -0.25) is 0 Å². The van der Waals surface area contributed by atoms with E-state index in [1.165, 1.54) is 0 Å². The van der Waals surface area contributed by atoms with Crippen LogP contribution in [-0.4, -0.2) is 16.3 Å². The summed E-state index contributed by atoms with van der Waals surface area (Å²) in [6.07, 6.45) is 0.694. The minimum absolute atomic E-state index is 0. The molecule has 0 amide bonds. The van der Waals surface area contributed by atoms with Crippen molar-refractivity contribution in [3.05, 3.63) is 69.8 Å². The van der Waals surface area contributed by atoms with E-state index in [1.54, 1.807) is 11.3 Å². The fraction of sp³-hybridized carbons (Fsp3) is 0.167. The molecule has 0 spiro atoms. The van der Waals surface area contributed by atoms with Crippen LogP contribution >= 0.6 is 39.9 Å². The summed E-state index contributed by atoms with van der Waals surface area (Å²) in [4.78, 5) is 5.62. The number of aliphatic hydroxyl groups is 1. The van der Waals surface area contributed by atoms with E-state index in [2.05, 4.69) is 22.1 Å². The van der Waals surface area contributed by atoms with Gasteiger partial charge < -0.3 is 9.67 Å². The van der Waals surface area contributed by atoms with Crippen molar-refractivity contribution in [3.63, 3.8) is 0 Å². The minimum Gasteiger partial charge on any atom is -0.396 e. The molecule has 0 aliphatic carbocycles. The molecular formula is C18H18BrClN2OS. The normalized spacial score (nSPS) is 11.3. The average molecular weight is 426 g/mol. The maximum Gasteiger partial charge on any atom is 0.190 e. The molecule has 3 rings (SSSR count). The summed E-state index contributed by atoms with van der Waals surface area (Å²) in [5.41, 5.74) is 3.09. The Bertz CT molecular complexity index is 845. The third kappa shape index (κ3) is 4.57. The molecule has 1 heterocycles. The number of hydrogen-bond acceptors (Lipinski definition) is 3. The minimum atomic E-state index is 0. The molecule has 0 saturated carbocycles. The van der Waals surface area contributed by atoms with Crippen LogP contribution in [0.25, 0.3) is 11.3 Å². The first-order chi connectivity index (χ1) is 11.3. The van der Waals surface area contributed by atoms with E-state index < -0.39 is 0 Å². The summed E-state index contributed by atoms with van der Waals surface area (Å²) in [5.74, 6) is 0. The second kappa shape index (κ2) is 9.18. The lowest BCUT2D eigenvalue weighted by Crippen LogP contribution is -2.16. The molecule has 1 N–H and O–H groups in total. The zero-order valence-electron chi connectivity index (χ0n) is 12.9. The molecule has 2 aromatic carbocycles. The molecule has 0 aliphatic heterocycles. The molecule has 6 heteroatoms. The maximum atomic E-state index is 9.19. The predicted molar refractivity (Wildman–Crippen MR) is 106 cm³/mol. The predicted octanol–water partition coefficient (Wildman–Crippen LogP) is 5.06. The number of thiazole rings is 1. The molecular weight excluding hydrogens is 408 g/mol. The van der Waals surface area contributed by atoms with Crippen LogP contribution in [-0.2, 0) is 6.54 Å². The average Bonchev–Trinajstić information content (AvgIpc) is 2.96. The summed E-state index contributed by atoms with van der Waals surface area (Å²) >= 11 is 7.63. The fourth-order valence-electron chi connectivity index (χ4n) is 2.36. The van der Waals surface area contributed by atoms with Crippen LogP contribution in [0, 0.1) is 0 Å². The summed E-state index contributed by atoms with van der Waals surface area (Å²) < 4.78 is 2.15. The highest BCUT2D eigenvalue weighted by Crippen LogP contribution is 2.22. The van der Waals surface area contributed by atoms with E-state index in [0.717, 1.165) is 28.3 Å². The van der Waals surface area contributed by atoms with Gasteiger partial charge in [-0.1, -0.05) is 48.0 Å². The van der Waals surface area contributed by atoms with Crippen LogP contribution in [0.15, 0.2) is 65.0 Å². The van der Waals surface area contributed by atoms with Gasteiger partial charge in [0.25, 0.3) is 0 Å². The van der Waals surface area contributed by atoms with Gasteiger partial charge in [0.15, 0.2) is 4.80 Å². The highest BCUT2D eigenvalue weighted by Gasteiger charge is 2.07. The van der Waals surface area contributed by atoms with Crippen LogP contribution in [0.5, 0.6) is 0 Å². The zero-order valence-corrected chi connectivity index (χ0v) is 16.2. The van der Waals surface area contributed by atoms with Gasteiger partial charge in [-0.2, -0.15) is 0 Å². The Morgan fingerprint density at radius 3 is 2.58 bits per heavy atom. The quantitative estimate of drug-likeness (QED) is 0.609. The Kier molecular flexibility index (Phi) is 7.24. The summed E-state index contributed by atoms with van der Waals surface area (Å²) in [7, 11) is 0. The fourth-order valence-corrected chi connectivity index (χ4v) is 3.50. The molecule has 3 nitrogen and oxygen atoms in total. The van der Waals surface area contributed by atoms with Crippen molar-refractivity contribution in [2.24, 2.45) is 4.99 Å². The van der Waals surface area contributed by atoms with Crippen LogP contribution in [0.3, 0.4) is 0 Å². The van der Waals surface area contributed by atoms with Crippen molar-refractivity contribution in [1.82, 2.24) is 4.57 Å². The highest BCUT2D eigenvalue weighted by atomic mass is 79.9. The van der Waals surface area contributed by atoms with Gasteiger partial charge >= 0.3 is 0 Å². The van der Waals surface area contributed by atoms with E-state index in [9.17, 15) is 5.11 Å². The zero-order chi connectivity index (χ0) is 16.1. The van der Waals surface area contributed by atoms with E-state index in [1.807, 2.05) is 42.5 Å². The van der Waals surface area contributed by atoms with E-state index in [4.69, 9.17) is 16.6 Å². The van der Waals surface area contributed by atoms with E-state index in [0.29, 0.717) is 11.4 Å². The van der Waals surface area contributed by atoms with Gasteiger partial charge in [0.1, 0.15) is 0 Å². The molecule has 0 atom stereocenters. The SMILES string of the molecule is Br.OCCCn1c(-c2ccccc2)csc1=Nc1cccc(Cl)c1. The molecule has 0 aliphatic rings. The lowest BCUT2D eigenvalue weighted by molar-refractivity contribution is 0.279. The Morgan fingerprint density at radius 1 is 1.08 bits per heavy atom. The van der Waals surface area contributed by atoms with Crippen LogP contribution in [0.1, 0.15) is 6.42 Å². The monoisotopic (exact) mass is 424 g/mol. The molecule has 24 heavy (non-hydrogen) atoms. The van der Waals surface area contributed by atoms with Gasteiger partial charge in [-0.05, 0) is 30.2 Å². The molecule has 0 saturated heterocycles. The van der Waals surface area contributed by atoms with E-state index in [-0.39, 0.29) is 23.6 Å². The van der Waals surface area contributed by atoms with Crippen molar-refractivity contribution in [1.29, 1.82) is 0 Å². The topological polar surface area (TPSA) is 37.5 Å². The van der Waals surface area contributed by atoms with Crippen molar-refractivity contribution >= 4 is 45.6 Å². The Labute approximate surface area is 160 Å². The van der Waals surface area contributed by atoms with Crippen molar-refractivity contribution < 1.29 is 5.11 Å². The van der Waals surface area contributed by atoms with Crippen LogP contribution in [0.2, 0.25) is 5.02 Å². The smallest absolute Gasteiger partial charge is 0.190 e. The number of hydrogen-bond donors (Lipinski definition) is 1. The number of nitrogens with zero attached hydrogens (tertiary/aromatic N) is 2. The molecule has 3 aromatic rings. The molecule has 126 valence electrons. The number of rotatable bonds is 5. The first kappa shape index (κ1) is 18.9. The molecule has 0 fully saturated rings. The summed E-state index contributed by atoms with van der Waals surface area (Å²) in [6, 6.07) is 17.7. The Hall–Kier alpha value is -1.40. The second-order valence-corrected chi connectivity index (χ2v) is 6.36. The molecule has 0 unspecified atom stereocenters. The molecule has 0 bridgehead atoms. The standard InChI is InChI=1S/C18H17ClN2OS.BrH/c19-15-8-4-9-16(12-15)20-18-21(10-5-11-22)17(13-23-18)14-6-2-1-3-7-14;/h1-4,6-9,12-13,22H,5,10-11H2;1H. The molecule has 1 aromatic heterocycles. The first-order valence-corrected chi connectivity index (χ1v) is 8.68. The number of aromatic nitrogens is 1. The Balaban J connectivity index is 0.00000208.